The van der Waals surface area contributed by atoms with Crippen molar-refractivity contribution in [2.45, 2.75) is 18.5 Å². The molecule has 94 valence electrons. The third-order valence-electron chi connectivity index (χ3n) is 1.87. The summed E-state index contributed by atoms with van der Waals surface area (Å²) in [6.45, 7) is 0.748. The minimum atomic E-state index is -4.17. The van der Waals surface area contributed by atoms with Crippen molar-refractivity contribution < 1.29 is 27.6 Å². The summed E-state index contributed by atoms with van der Waals surface area (Å²) in [5.74, 6) is -5.03. The molecule has 2 N–H and O–H groups in total. The third kappa shape index (κ3) is 4.14. The van der Waals surface area contributed by atoms with E-state index in [1.165, 1.54) is 0 Å². The van der Waals surface area contributed by atoms with Crippen molar-refractivity contribution in [3.63, 3.8) is 0 Å². The maximum absolute atomic E-state index is 11.5. The molecule has 0 aliphatic carbocycles. The first-order valence-electron chi connectivity index (χ1n) is 4.66. The van der Waals surface area contributed by atoms with Crippen molar-refractivity contribution in [2.24, 2.45) is 0 Å². The molecule has 0 heterocycles. The largest absolute Gasteiger partial charge is 0.477 e. The molecule has 0 amide bonds. The van der Waals surface area contributed by atoms with Crippen LogP contribution >= 0.6 is 0 Å². The number of carboxylic acids is 1. The minimum absolute atomic E-state index is 0.439. The van der Waals surface area contributed by atoms with Crippen LogP contribution in [0.2, 0.25) is 0 Å². The Morgan fingerprint density at radius 3 is 2.35 bits per heavy atom. The molecular formula is C10H12O6S. The highest BCUT2D eigenvalue weighted by Crippen LogP contribution is 2.15. The van der Waals surface area contributed by atoms with Crippen LogP contribution in [0.3, 0.4) is 0 Å². The van der Waals surface area contributed by atoms with E-state index in [1.807, 2.05) is 0 Å². The van der Waals surface area contributed by atoms with E-state index in [0.29, 0.717) is 5.56 Å². The number of carbonyl (C=O) groups is 1. The molecule has 1 atom stereocenters. The summed E-state index contributed by atoms with van der Waals surface area (Å²) in [5.41, 5.74) is 0.439. The molecule has 0 aliphatic heterocycles. The second-order valence-corrected chi connectivity index (χ2v) is 5.13. The van der Waals surface area contributed by atoms with Crippen LogP contribution in [0.5, 0.6) is 0 Å². The lowest BCUT2D eigenvalue weighted by Crippen LogP contribution is -2.40. The Hall–Kier alpha value is -1.44. The number of benzene rings is 1. The lowest BCUT2D eigenvalue weighted by molar-refractivity contribution is -0.187. The van der Waals surface area contributed by atoms with E-state index in [0.717, 1.165) is 6.92 Å². The molecule has 0 spiro atoms. The van der Waals surface area contributed by atoms with Gasteiger partial charge in [-0.15, -0.1) is 0 Å². The monoisotopic (exact) mass is 260 g/mol. The van der Waals surface area contributed by atoms with Gasteiger partial charge in [-0.1, -0.05) is 30.3 Å². The fourth-order valence-electron chi connectivity index (χ4n) is 1.09. The van der Waals surface area contributed by atoms with E-state index >= 15 is 0 Å². The van der Waals surface area contributed by atoms with Gasteiger partial charge in [0.05, 0.1) is 0 Å². The van der Waals surface area contributed by atoms with Gasteiger partial charge in [-0.2, -0.15) is 8.42 Å². The van der Waals surface area contributed by atoms with Gasteiger partial charge in [0.25, 0.3) is 15.9 Å². The molecule has 1 aromatic rings. The van der Waals surface area contributed by atoms with Gasteiger partial charge in [-0.05, 0) is 5.56 Å². The second-order valence-electron chi connectivity index (χ2n) is 3.56. The van der Waals surface area contributed by atoms with Gasteiger partial charge in [-0.25, -0.2) is 8.98 Å². The second kappa shape index (κ2) is 4.82. The highest BCUT2D eigenvalue weighted by Gasteiger charge is 2.37. The standard InChI is InChI=1S/C10H12O6S/c1-10(13,9(11)12)16-17(14,15)7-8-5-3-2-4-6-8/h2-6,13H,7H2,1H3,(H,11,12). The van der Waals surface area contributed by atoms with Crippen molar-refractivity contribution in [3.8, 4) is 0 Å². The molecule has 0 fully saturated rings. The van der Waals surface area contributed by atoms with Gasteiger partial charge >= 0.3 is 5.97 Å². The van der Waals surface area contributed by atoms with Gasteiger partial charge < -0.3 is 10.2 Å². The van der Waals surface area contributed by atoms with Crippen LogP contribution in [-0.4, -0.2) is 30.4 Å². The van der Waals surface area contributed by atoms with E-state index in [9.17, 15) is 18.3 Å². The van der Waals surface area contributed by atoms with E-state index in [4.69, 9.17) is 5.11 Å². The molecule has 0 bridgehead atoms. The van der Waals surface area contributed by atoms with Gasteiger partial charge in [0.1, 0.15) is 5.75 Å². The summed E-state index contributed by atoms with van der Waals surface area (Å²) >= 11 is 0. The zero-order valence-corrected chi connectivity index (χ0v) is 9.85. The summed E-state index contributed by atoms with van der Waals surface area (Å²) in [7, 11) is -4.17. The zero-order chi connectivity index (χ0) is 13.1. The molecule has 6 nitrogen and oxygen atoms in total. The van der Waals surface area contributed by atoms with Crippen LogP contribution < -0.4 is 0 Å². The fourth-order valence-corrected chi connectivity index (χ4v) is 2.32. The van der Waals surface area contributed by atoms with E-state index in [-0.39, 0.29) is 0 Å². The summed E-state index contributed by atoms with van der Waals surface area (Å²) in [5, 5.41) is 17.7. The van der Waals surface area contributed by atoms with Crippen molar-refractivity contribution in [2.75, 3.05) is 0 Å². The molecule has 0 saturated heterocycles. The lowest BCUT2D eigenvalue weighted by Gasteiger charge is -2.17. The average molecular weight is 260 g/mol. The predicted molar refractivity (Wildman–Crippen MR) is 58.4 cm³/mol. The van der Waals surface area contributed by atoms with E-state index in [2.05, 4.69) is 4.18 Å². The summed E-state index contributed by atoms with van der Waals surface area (Å²) in [6, 6.07) is 8.09. The number of aliphatic hydroxyl groups is 1. The highest BCUT2D eigenvalue weighted by molar-refractivity contribution is 7.86. The summed E-state index contributed by atoms with van der Waals surface area (Å²) < 4.78 is 27.2. The molecule has 0 aromatic heterocycles. The molecule has 17 heavy (non-hydrogen) atoms. The molecule has 7 heteroatoms. The fraction of sp³-hybridized carbons (Fsp3) is 0.300. The van der Waals surface area contributed by atoms with Crippen LogP contribution in [-0.2, 0) is 24.8 Å². The molecule has 1 rings (SSSR count). The first-order chi connectivity index (χ1) is 7.73. The molecule has 1 aromatic carbocycles. The minimum Gasteiger partial charge on any atom is -0.477 e. The van der Waals surface area contributed by atoms with Gasteiger partial charge in [0, 0.05) is 6.92 Å². The van der Waals surface area contributed by atoms with Crippen molar-refractivity contribution in [1.82, 2.24) is 0 Å². The average Bonchev–Trinajstić information content (AvgIpc) is 2.16. The number of rotatable bonds is 5. The Kier molecular flexibility index (Phi) is 3.87. The maximum atomic E-state index is 11.5. The third-order valence-corrected chi connectivity index (χ3v) is 3.14. The molecule has 0 saturated carbocycles. The molecule has 0 aliphatic rings. The number of carboxylic acid groups (broad SMARTS) is 1. The predicted octanol–water partition coefficient (Wildman–Crippen LogP) is 0.326. The van der Waals surface area contributed by atoms with Crippen molar-refractivity contribution in [3.05, 3.63) is 35.9 Å². The molecule has 1 unspecified atom stereocenters. The zero-order valence-electron chi connectivity index (χ0n) is 9.03. The Labute approximate surface area is 98.6 Å². The SMILES string of the molecule is CC(O)(OS(=O)(=O)Cc1ccccc1)C(=O)O. The maximum Gasteiger partial charge on any atom is 0.365 e. The smallest absolute Gasteiger partial charge is 0.365 e. The number of hydrogen-bond donors (Lipinski definition) is 2. The van der Waals surface area contributed by atoms with Gasteiger partial charge in [0.15, 0.2) is 0 Å². The lowest BCUT2D eigenvalue weighted by atomic mass is 10.2. The Morgan fingerprint density at radius 2 is 1.88 bits per heavy atom. The normalized spacial score (nSPS) is 15.2. The van der Waals surface area contributed by atoms with Crippen molar-refractivity contribution in [1.29, 1.82) is 0 Å². The highest BCUT2D eigenvalue weighted by atomic mass is 32.2. The van der Waals surface area contributed by atoms with Crippen LogP contribution in [0, 0.1) is 0 Å². The van der Waals surface area contributed by atoms with Crippen LogP contribution in [0.25, 0.3) is 0 Å². The van der Waals surface area contributed by atoms with Crippen LogP contribution in [0.1, 0.15) is 12.5 Å². The van der Waals surface area contributed by atoms with Gasteiger partial charge in [-0.3, -0.25) is 0 Å². The summed E-state index contributed by atoms with van der Waals surface area (Å²) in [4.78, 5) is 10.5. The first-order valence-corrected chi connectivity index (χ1v) is 6.24. The van der Waals surface area contributed by atoms with Crippen LogP contribution in [0.4, 0.5) is 0 Å². The molecule has 0 radical (unpaired) electrons. The Morgan fingerprint density at radius 1 is 1.35 bits per heavy atom. The number of hydrogen-bond acceptors (Lipinski definition) is 5. The topological polar surface area (TPSA) is 101 Å². The Balaban J connectivity index is 2.81. The summed E-state index contributed by atoms with van der Waals surface area (Å²) in [6.07, 6.45) is 0. The molecular weight excluding hydrogens is 248 g/mol. The van der Waals surface area contributed by atoms with Crippen molar-refractivity contribution >= 4 is 16.1 Å². The van der Waals surface area contributed by atoms with Gasteiger partial charge in [0.2, 0.25) is 0 Å². The first kappa shape index (κ1) is 13.6. The van der Waals surface area contributed by atoms with Crippen LogP contribution in [0.15, 0.2) is 30.3 Å². The Bertz CT molecular complexity index is 491. The van der Waals surface area contributed by atoms with E-state index in [1.54, 1.807) is 30.3 Å². The quantitative estimate of drug-likeness (QED) is 0.584. The van der Waals surface area contributed by atoms with E-state index < -0.39 is 27.6 Å². The number of aliphatic carboxylic acids is 1.